The lowest BCUT2D eigenvalue weighted by molar-refractivity contribution is 0.0751. The second-order valence-electron chi connectivity index (χ2n) is 7.32. The van der Waals surface area contributed by atoms with E-state index in [-0.39, 0.29) is 11.9 Å². The van der Waals surface area contributed by atoms with E-state index in [1.807, 2.05) is 40.6 Å². The van der Waals surface area contributed by atoms with Crippen LogP contribution in [0.2, 0.25) is 5.02 Å². The number of nitrogens with one attached hydrogen (secondary N) is 1. The number of para-hydroxylation sites is 2. The van der Waals surface area contributed by atoms with Gasteiger partial charge in [0.2, 0.25) is 0 Å². The average Bonchev–Trinajstić information content (AvgIpc) is 3.19. The van der Waals surface area contributed by atoms with E-state index in [0.29, 0.717) is 13.1 Å². The predicted octanol–water partition coefficient (Wildman–Crippen LogP) is 6.30. The molecule has 1 unspecified atom stereocenters. The zero-order valence-corrected chi connectivity index (χ0v) is 19.8. The Labute approximate surface area is 194 Å². The lowest BCUT2D eigenvalue weighted by Crippen LogP contribution is -2.48. The summed E-state index contributed by atoms with van der Waals surface area (Å²) in [7, 11) is 0. The summed E-state index contributed by atoms with van der Waals surface area (Å²) in [5, 5.41) is 6.31. The third-order valence-corrected chi connectivity index (χ3v) is 7.40. The Bertz CT molecular complexity index is 1030. The lowest BCUT2D eigenvalue weighted by Gasteiger charge is -2.37. The first kappa shape index (κ1) is 21.2. The van der Waals surface area contributed by atoms with Crippen LogP contribution in [0.25, 0.3) is 0 Å². The molecule has 0 saturated carbocycles. The van der Waals surface area contributed by atoms with E-state index in [0.717, 1.165) is 44.4 Å². The molecule has 0 bridgehead atoms. The van der Waals surface area contributed by atoms with Crippen LogP contribution in [0.15, 0.2) is 64.5 Å². The van der Waals surface area contributed by atoms with Gasteiger partial charge in [-0.05, 0) is 64.1 Å². The average molecular weight is 505 g/mol. The number of carbonyl (C=O) groups excluding carboxylic acids is 1. The van der Waals surface area contributed by atoms with Crippen molar-refractivity contribution in [1.29, 1.82) is 0 Å². The van der Waals surface area contributed by atoms with Gasteiger partial charge >= 0.3 is 0 Å². The van der Waals surface area contributed by atoms with Crippen LogP contribution in [0, 0.1) is 0 Å². The van der Waals surface area contributed by atoms with Gasteiger partial charge < -0.3 is 15.1 Å². The minimum absolute atomic E-state index is 0.109. The fourth-order valence-electron chi connectivity index (χ4n) is 3.70. The van der Waals surface area contributed by atoms with E-state index in [9.17, 15) is 4.79 Å². The topological polar surface area (TPSA) is 35.6 Å². The smallest absolute Gasteiger partial charge is 0.265 e. The number of nitrogens with zero attached hydrogens (tertiary/aromatic N) is 2. The maximum atomic E-state index is 12.8. The molecular weight excluding hydrogens is 482 g/mol. The standard InChI is InChI=1S/C23H23BrClN3OS/c1-16(17-5-4-6-18(25)15-17)26-20-7-2-3-8-21(20)27-10-12-28(13-11-27)23(29)22-19(24)9-14-30-22/h2-9,14-16,26H,10-13H2,1H3. The molecule has 1 aromatic heterocycles. The molecular formula is C23H23BrClN3OS. The zero-order valence-electron chi connectivity index (χ0n) is 16.6. The Kier molecular flexibility index (Phi) is 6.66. The molecule has 1 atom stereocenters. The maximum Gasteiger partial charge on any atom is 0.265 e. The van der Waals surface area contributed by atoms with Crippen LogP contribution < -0.4 is 10.2 Å². The van der Waals surface area contributed by atoms with E-state index >= 15 is 0 Å². The number of piperazine rings is 1. The number of rotatable bonds is 5. The molecule has 1 fully saturated rings. The van der Waals surface area contributed by atoms with E-state index in [2.05, 4.69) is 57.3 Å². The maximum absolute atomic E-state index is 12.8. The van der Waals surface area contributed by atoms with E-state index in [1.165, 1.54) is 11.3 Å². The Morgan fingerprint density at radius 3 is 2.57 bits per heavy atom. The number of thiophene rings is 1. The number of carbonyl (C=O) groups is 1. The molecule has 1 saturated heterocycles. The first-order valence-electron chi connectivity index (χ1n) is 9.91. The quantitative estimate of drug-likeness (QED) is 0.443. The first-order chi connectivity index (χ1) is 14.5. The third-order valence-electron chi connectivity index (χ3n) is 5.34. The summed E-state index contributed by atoms with van der Waals surface area (Å²) in [4.78, 5) is 17.9. The summed E-state index contributed by atoms with van der Waals surface area (Å²) in [6.07, 6.45) is 0. The van der Waals surface area contributed by atoms with Gasteiger partial charge in [0.25, 0.3) is 5.91 Å². The van der Waals surface area contributed by atoms with Gasteiger partial charge in [-0.25, -0.2) is 0 Å². The van der Waals surface area contributed by atoms with Gasteiger partial charge in [0.05, 0.1) is 11.4 Å². The Morgan fingerprint density at radius 1 is 1.10 bits per heavy atom. The van der Waals surface area contributed by atoms with E-state index < -0.39 is 0 Å². The van der Waals surface area contributed by atoms with Crippen molar-refractivity contribution in [1.82, 2.24) is 4.90 Å². The number of anilines is 2. The molecule has 30 heavy (non-hydrogen) atoms. The van der Waals surface area contributed by atoms with Crippen molar-refractivity contribution >= 4 is 56.1 Å². The van der Waals surface area contributed by atoms with E-state index in [4.69, 9.17) is 11.6 Å². The van der Waals surface area contributed by atoms with Gasteiger partial charge in [0.15, 0.2) is 0 Å². The van der Waals surface area contributed by atoms with Gasteiger partial charge in [0.1, 0.15) is 4.88 Å². The summed E-state index contributed by atoms with van der Waals surface area (Å²) in [5.74, 6) is 0.109. The monoisotopic (exact) mass is 503 g/mol. The summed E-state index contributed by atoms with van der Waals surface area (Å²) in [5.41, 5.74) is 3.40. The number of hydrogen-bond acceptors (Lipinski definition) is 4. The summed E-state index contributed by atoms with van der Waals surface area (Å²) in [6, 6.07) is 18.4. The van der Waals surface area contributed by atoms with Crippen LogP contribution in [-0.4, -0.2) is 37.0 Å². The molecule has 2 aromatic carbocycles. The van der Waals surface area contributed by atoms with Crippen LogP contribution in [-0.2, 0) is 0 Å². The normalized spacial score (nSPS) is 15.2. The Morgan fingerprint density at radius 2 is 1.87 bits per heavy atom. The van der Waals surface area contributed by atoms with Gasteiger partial charge in [-0.3, -0.25) is 4.79 Å². The molecule has 1 N–H and O–H groups in total. The molecule has 156 valence electrons. The van der Waals surface area contributed by atoms with Gasteiger partial charge in [-0.15, -0.1) is 11.3 Å². The highest BCUT2D eigenvalue weighted by atomic mass is 79.9. The minimum Gasteiger partial charge on any atom is -0.377 e. The second kappa shape index (κ2) is 9.41. The minimum atomic E-state index is 0.109. The highest BCUT2D eigenvalue weighted by Crippen LogP contribution is 2.31. The van der Waals surface area contributed by atoms with Crippen LogP contribution in [0.5, 0.6) is 0 Å². The lowest BCUT2D eigenvalue weighted by atomic mass is 10.1. The van der Waals surface area contributed by atoms with Crippen molar-refractivity contribution in [3.8, 4) is 0 Å². The number of amides is 1. The van der Waals surface area contributed by atoms with Crippen LogP contribution >= 0.6 is 38.9 Å². The second-order valence-corrected chi connectivity index (χ2v) is 9.52. The summed E-state index contributed by atoms with van der Waals surface area (Å²) < 4.78 is 0.879. The predicted molar refractivity (Wildman–Crippen MR) is 130 cm³/mol. The van der Waals surface area contributed by atoms with Crippen LogP contribution in [0.3, 0.4) is 0 Å². The van der Waals surface area contributed by atoms with Crippen molar-refractivity contribution in [2.45, 2.75) is 13.0 Å². The fourth-order valence-corrected chi connectivity index (χ4v) is 5.41. The molecule has 0 radical (unpaired) electrons. The number of benzene rings is 2. The van der Waals surface area contributed by atoms with Crippen molar-refractivity contribution in [3.05, 3.63) is 79.9 Å². The van der Waals surface area contributed by atoms with Gasteiger partial charge in [0, 0.05) is 41.7 Å². The van der Waals surface area contributed by atoms with Gasteiger partial charge in [-0.2, -0.15) is 0 Å². The molecule has 1 aliphatic rings. The molecule has 0 spiro atoms. The SMILES string of the molecule is CC(Nc1ccccc1N1CCN(C(=O)c2sccc2Br)CC1)c1cccc(Cl)c1. The number of halogens is 2. The van der Waals surface area contributed by atoms with Gasteiger partial charge in [-0.1, -0.05) is 35.9 Å². The summed E-state index contributed by atoms with van der Waals surface area (Å²) >= 11 is 11.1. The molecule has 0 aliphatic carbocycles. The molecule has 1 aliphatic heterocycles. The van der Waals surface area contributed by atoms with Crippen molar-refractivity contribution < 1.29 is 4.79 Å². The Hall–Kier alpha value is -2.02. The Balaban J connectivity index is 1.44. The van der Waals surface area contributed by atoms with Crippen LogP contribution in [0.4, 0.5) is 11.4 Å². The zero-order chi connectivity index (χ0) is 21.1. The molecule has 1 amide bonds. The molecule has 2 heterocycles. The summed E-state index contributed by atoms with van der Waals surface area (Å²) in [6.45, 7) is 5.17. The molecule has 3 aromatic rings. The fraction of sp³-hybridized carbons (Fsp3) is 0.261. The third kappa shape index (κ3) is 4.66. The largest absolute Gasteiger partial charge is 0.377 e. The molecule has 7 heteroatoms. The first-order valence-corrected chi connectivity index (χ1v) is 12.0. The highest BCUT2D eigenvalue weighted by molar-refractivity contribution is 9.10. The molecule has 4 nitrogen and oxygen atoms in total. The molecule has 4 rings (SSSR count). The highest BCUT2D eigenvalue weighted by Gasteiger charge is 2.25. The van der Waals surface area contributed by atoms with Crippen molar-refractivity contribution in [2.75, 3.05) is 36.4 Å². The number of hydrogen-bond donors (Lipinski definition) is 1. The van der Waals surface area contributed by atoms with E-state index in [1.54, 1.807) is 0 Å². The van der Waals surface area contributed by atoms with Crippen molar-refractivity contribution in [3.63, 3.8) is 0 Å². The van der Waals surface area contributed by atoms with Crippen LogP contribution in [0.1, 0.15) is 28.2 Å². The van der Waals surface area contributed by atoms with Crippen molar-refractivity contribution in [2.24, 2.45) is 0 Å².